The molecule has 2 aromatic carbocycles. The fourth-order valence-corrected chi connectivity index (χ4v) is 4.32. The Morgan fingerprint density at radius 1 is 0.889 bits per heavy atom. The van der Waals surface area contributed by atoms with Crippen molar-refractivity contribution in [2.24, 2.45) is 0 Å². The molecule has 3 aromatic rings. The molecule has 4 rings (SSSR count). The van der Waals surface area contributed by atoms with Crippen molar-refractivity contribution in [1.29, 1.82) is 0 Å². The lowest BCUT2D eigenvalue weighted by atomic mass is 10.0. The molecule has 0 N–H and O–H groups in total. The SMILES string of the molecule is O=Cc1cccc(-c2cccc(-c3cc(=O)cc(N4CCOCC4)s3)c2)c1. The molecule has 27 heavy (non-hydrogen) atoms. The van der Waals surface area contributed by atoms with E-state index in [4.69, 9.17) is 4.74 Å². The highest BCUT2D eigenvalue weighted by Gasteiger charge is 2.14. The number of aldehydes is 1. The zero-order valence-corrected chi connectivity index (χ0v) is 15.6. The molecule has 0 atom stereocenters. The number of carbonyl (C=O) groups excluding carboxylic acids is 1. The summed E-state index contributed by atoms with van der Waals surface area (Å²) in [5, 5.41) is 0.981. The van der Waals surface area contributed by atoms with Crippen LogP contribution in [0.15, 0.2) is 65.5 Å². The summed E-state index contributed by atoms with van der Waals surface area (Å²) in [6.45, 7) is 2.98. The van der Waals surface area contributed by atoms with Crippen molar-refractivity contribution in [1.82, 2.24) is 0 Å². The van der Waals surface area contributed by atoms with Crippen molar-refractivity contribution in [3.05, 3.63) is 76.5 Å². The summed E-state index contributed by atoms with van der Waals surface area (Å²) in [5.41, 5.74) is 3.67. The lowest BCUT2D eigenvalue weighted by molar-refractivity contribution is 0.112. The minimum Gasteiger partial charge on any atom is -0.378 e. The first-order valence-corrected chi connectivity index (χ1v) is 9.68. The number of anilines is 1. The molecule has 0 amide bonds. The monoisotopic (exact) mass is 377 g/mol. The first kappa shape index (κ1) is 17.6. The van der Waals surface area contributed by atoms with Crippen molar-refractivity contribution >= 4 is 22.6 Å². The molecule has 136 valence electrons. The third-order valence-corrected chi connectivity index (χ3v) is 5.74. The minimum absolute atomic E-state index is 0.0126. The van der Waals surface area contributed by atoms with Gasteiger partial charge in [-0.2, -0.15) is 0 Å². The quantitative estimate of drug-likeness (QED) is 0.643. The van der Waals surface area contributed by atoms with Gasteiger partial charge in [0, 0.05) is 35.7 Å². The molecule has 0 unspecified atom stereocenters. The summed E-state index contributed by atoms with van der Waals surface area (Å²) >= 11 is 1.62. The first-order chi connectivity index (χ1) is 13.2. The fourth-order valence-electron chi connectivity index (χ4n) is 3.19. The van der Waals surface area contributed by atoms with Crippen molar-refractivity contribution in [2.45, 2.75) is 0 Å². The predicted octanol–water partition coefficient (Wildman–Crippen LogP) is 4.09. The number of nitrogens with zero attached hydrogens (tertiary/aromatic N) is 1. The van der Waals surface area contributed by atoms with Crippen LogP contribution in [0, 0.1) is 0 Å². The highest BCUT2D eigenvalue weighted by molar-refractivity contribution is 7.19. The summed E-state index contributed by atoms with van der Waals surface area (Å²) < 4.78 is 5.41. The van der Waals surface area contributed by atoms with Crippen molar-refractivity contribution in [3.63, 3.8) is 0 Å². The molecule has 0 radical (unpaired) electrons. The molecule has 1 aliphatic heterocycles. The maximum Gasteiger partial charge on any atom is 0.182 e. The van der Waals surface area contributed by atoms with E-state index in [0.29, 0.717) is 18.8 Å². The molecule has 4 nitrogen and oxygen atoms in total. The van der Waals surface area contributed by atoms with Crippen LogP contribution in [0.4, 0.5) is 5.00 Å². The summed E-state index contributed by atoms with van der Waals surface area (Å²) in [6.07, 6.45) is 0.852. The van der Waals surface area contributed by atoms with Gasteiger partial charge in [-0.05, 0) is 28.8 Å². The van der Waals surface area contributed by atoms with Gasteiger partial charge in [-0.1, -0.05) is 36.4 Å². The lowest BCUT2D eigenvalue weighted by Gasteiger charge is -2.28. The Morgan fingerprint density at radius 3 is 2.37 bits per heavy atom. The van der Waals surface area contributed by atoms with Crippen LogP contribution in [-0.4, -0.2) is 32.6 Å². The Kier molecular flexibility index (Phi) is 5.14. The molecule has 1 aromatic heterocycles. The van der Waals surface area contributed by atoms with Gasteiger partial charge in [0.25, 0.3) is 0 Å². The average Bonchev–Trinajstić information content (AvgIpc) is 2.74. The Morgan fingerprint density at radius 2 is 1.59 bits per heavy atom. The standard InChI is InChI=1S/C22H19NO3S/c24-15-16-3-1-4-17(11-16)18-5-2-6-19(12-18)21-13-20(25)14-22(27-21)23-7-9-26-10-8-23/h1-6,11-15H,7-10H2. The largest absolute Gasteiger partial charge is 0.378 e. The molecule has 0 bridgehead atoms. The predicted molar refractivity (Wildman–Crippen MR) is 110 cm³/mol. The Labute approximate surface area is 161 Å². The van der Waals surface area contributed by atoms with Gasteiger partial charge < -0.3 is 9.64 Å². The molecule has 5 heteroatoms. The van der Waals surface area contributed by atoms with Crippen LogP contribution in [0.25, 0.3) is 21.6 Å². The Balaban J connectivity index is 1.72. The smallest absolute Gasteiger partial charge is 0.182 e. The molecule has 2 heterocycles. The molecule has 0 spiro atoms. The van der Waals surface area contributed by atoms with E-state index in [1.807, 2.05) is 36.4 Å². The number of benzene rings is 2. The zero-order valence-electron chi connectivity index (χ0n) is 14.8. The third kappa shape index (κ3) is 3.99. The van der Waals surface area contributed by atoms with E-state index in [1.165, 1.54) is 0 Å². The highest BCUT2D eigenvalue weighted by atomic mass is 32.1. The number of ether oxygens (including phenoxy) is 1. The van der Waals surface area contributed by atoms with Crippen molar-refractivity contribution < 1.29 is 9.53 Å². The number of hydrogen-bond acceptors (Lipinski definition) is 5. The second-order valence-electron chi connectivity index (χ2n) is 6.42. The molecular weight excluding hydrogens is 358 g/mol. The summed E-state index contributed by atoms with van der Waals surface area (Å²) in [5.74, 6) is 0. The van der Waals surface area contributed by atoms with Gasteiger partial charge in [0.1, 0.15) is 6.29 Å². The van der Waals surface area contributed by atoms with Crippen LogP contribution in [0.1, 0.15) is 10.4 Å². The number of carbonyl (C=O) groups is 1. The molecule has 0 saturated carbocycles. The summed E-state index contributed by atoms with van der Waals surface area (Å²) in [4.78, 5) is 26.5. The maximum absolute atomic E-state index is 12.3. The molecular formula is C22H19NO3S. The molecule has 1 fully saturated rings. The second-order valence-corrected chi connectivity index (χ2v) is 7.48. The van der Waals surface area contributed by atoms with Gasteiger partial charge in [-0.15, -0.1) is 11.3 Å². The van der Waals surface area contributed by atoms with E-state index in [9.17, 15) is 9.59 Å². The third-order valence-electron chi connectivity index (χ3n) is 4.58. The van der Waals surface area contributed by atoms with Crippen molar-refractivity contribution in [3.8, 4) is 21.6 Å². The van der Waals surface area contributed by atoms with Crippen LogP contribution < -0.4 is 10.3 Å². The van der Waals surface area contributed by atoms with E-state index in [-0.39, 0.29) is 5.43 Å². The molecule has 1 aliphatic rings. The van der Waals surface area contributed by atoms with Crippen LogP contribution >= 0.6 is 11.3 Å². The topological polar surface area (TPSA) is 46.6 Å². The fraction of sp³-hybridized carbons (Fsp3) is 0.182. The van der Waals surface area contributed by atoms with Gasteiger partial charge in [0.05, 0.1) is 18.2 Å². The van der Waals surface area contributed by atoms with E-state index < -0.39 is 0 Å². The number of rotatable bonds is 4. The Hall–Kier alpha value is -2.76. The van der Waals surface area contributed by atoms with Crippen LogP contribution in [0.3, 0.4) is 0 Å². The van der Waals surface area contributed by atoms with Crippen LogP contribution in [-0.2, 0) is 4.74 Å². The lowest BCUT2D eigenvalue weighted by Crippen LogP contribution is -2.36. The number of morpholine rings is 1. The van der Waals surface area contributed by atoms with E-state index in [0.717, 1.165) is 45.9 Å². The van der Waals surface area contributed by atoms with Crippen LogP contribution in [0.2, 0.25) is 0 Å². The summed E-state index contributed by atoms with van der Waals surface area (Å²) in [6, 6.07) is 19.0. The number of hydrogen-bond donors (Lipinski definition) is 0. The minimum atomic E-state index is 0.0126. The Bertz CT molecular complexity index is 1020. The normalized spacial score (nSPS) is 14.1. The van der Waals surface area contributed by atoms with Gasteiger partial charge >= 0.3 is 0 Å². The first-order valence-electron chi connectivity index (χ1n) is 8.87. The molecule has 0 aliphatic carbocycles. The van der Waals surface area contributed by atoms with Crippen LogP contribution in [0.5, 0.6) is 0 Å². The highest BCUT2D eigenvalue weighted by Crippen LogP contribution is 2.32. The van der Waals surface area contributed by atoms with Gasteiger partial charge in [0.2, 0.25) is 0 Å². The molecule has 1 saturated heterocycles. The zero-order chi connectivity index (χ0) is 18.6. The second kappa shape index (κ2) is 7.86. The van der Waals surface area contributed by atoms with E-state index >= 15 is 0 Å². The van der Waals surface area contributed by atoms with Crippen molar-refractivity contribution in [2.75, 3.05) is 31.2 Å². The van der Waals surface area contributed by atoms with Gasteiger partial charge in [-0.25, -0.2) is 0 Å². The van der Waals surface area contributed by atoms with Gasteiger partial charge in [-0.3, -0.25) is 9.59 Å². The van der Waals surface area contributed by atoms with E-state index in [2.05, 4.69) is 11.0 Å². The van der Waals surface area contributed by atoms with E-state index in [1.54, 1.807) is 29.5 Å². The maximum atomic E-state index is 12.3. The summed E-state index contributed by atoms with van der Waals surface area (Å²) in [7, 11) is 0. The average molecular weight is 377 g/mol. The van der Waals surface area contributed by atoms with Gasteiger partial charge in [0.15, 0.2) is 5.43 Å².